The zero-order chi connectivity index (χ0) is 13.7. The number of hydrogen-bond donors (Lipinski definition) is 1. The van der Waals surface area contributed by atoms with Crippen LogP contribution in [0.25, 0.3) is 0 Å². The molecular weight excluding hydrogens is 248 g/mol. The summed E-state index contributed by atoms with van der Waals surface area (Å²) < 4.78 is 6.18. The van der Waals surface area contributed by atoms with Gasteiger partial charge < -0.3 is 9.84 Å². The molecule has 0 amide bonds. The summed E-state index contributed by atoms with van der Waals surface area (Å²) in [6, 6.07) is 0. The van der Waals surface area contributed by atoms with Crippen molar-refractivity contribution in [3.63, 3.8) is 0 Å². The van der Waals surface area contributed by atoms with Gasteiger partial charge in [0.25, 0.3) is 5.82 Å². The summed E-state index contributed by atoms with van der Waals surface area (Å²) in [6.07, 6.45) is 5.06. The Balaban J connectivity index is 1.91. The highest BCUT2D eigenvalue weighted by Crippen LogP contribution is 2.28. The van der Waals surface area contributed by atoms with Gasteiger partial charge in [0.2, 0.25) is 0 Å². The summed E-state index contributed by atoms with van der Waals surface area (Å²) in [5.74, 6) is 0.0745. The highest BCUT2D eigenvalue weighted by molar-refractivity contribution is 5.85. The molecule has 1 fully saturated rings. The Labute approximate surface area is 111 Å². The predicted molar refractivity (Wildman–Crippen MR) is 66.4 cm³/mol. The monoisotopic (exact) mass is 268 g/mol. The van der Waals surface area contributed by atoms with Crippen molar-refractivity contribution in [3.05, 3.63) is 5.82 Å². The average Bonchev–Trinajstić information content (AvgIpc) is 3.00. The van der Waals surface area contributed by atoms with E-state index in [-0.39, 0.29) is 19.0 Å². The summed E-state index contributed by atoms with van der Waals surface area (Å²) in [6.45, 7) is 2.23. The highest BCUT2D eigenvalue weighted by Gasteiger charge is 2.22. The summed E-state index contributed by atoms with van der Waals surface area (Å²) in [5.41, 5.74) is 0. The number of aliphatic hydroxyl groups excluding tert-OH is 1. The number of ether oxygens (including phenoxy) is 1. The van der Waals surface area contributed by atoms with E-state index >= 15 is 0 Å². The van der Waals surface area contributed by atoms with Crippen LogP contribution in [0.4, 0.5) is 0 Å². The molecule has 0 bridgehead atoms. The highest BCUT2D eigenvalue weighted by atomic mass is 16.5. The SMILES string of the molecule is CCOC(=O)c1nnnn1CC(O)CC1CCCC1. The molecule has 106 valence electrons. The van der Waals surface area contributed by atoms with Crippen LogP contribution in [0.3, 0.4) is 0 Å². The van der Waals surface area contributed by atoms with Crippen LogP contribution in [0.2, 0.25) is 0 Å². The van der Waals surface area contributed by atoms with Gasteiger partial charge in [0, 0.05) is 0 Å². The quantitative estimate of drug-likeness (QED) is 0.767. The summed E-state index contributed by atoms with van der Waals surface area (Å²) >= 11 is 0. The molecule has 0 aromatic carbocycles. The van der Waals surface area contributed by atoms with Crippen LogP contribution in [-0.4, -0.2) is 44.0 Å². The number of carbonyl (C=O) groups excluding carboxylic acids is 1. The second-order valence-corrected chi connectivity index (χ2v) is 4.95. The lowest BCUT2D eigenvalue weighted by atomic mass is 10.0. The van der Waals surface area contributed by atoms with Crippen molar-refractivity contribution >= 4 is 5.97 Å². The molecule has 0 aliphatic heterocycles. The van der Waals surface area contributed by atoms with E-state index in [1.54, 1.807) is 6.92 Å². The Kier molecular flexibility index (Phi) is 4.84. The summed E-state index contributed by atoms with van der Waals surface area (Å²) in [4.78, 5) is 11.6. The minimum atomic E-state index is -0.555. The van der Waals surface area contributed by atoms with Gasteiger partial charge in [-0.15, -0.1) is 5.10 Å². The molecule has 1 aliphatic carbocycles. The van der Waals surface area contributed by atoms with Gasteiger partial charge in [-0.05, 0) is 29.7 Å². The van der Waals surface area contributed by atoms with Crippen LogP contribution < -0.4 is 0 Å². The lowest BCUT2D eigenvalue weighted by Gasteiger charge is -2.15. The van der Waals surface area contributed by atoms with Crippen LogP contribution >= 0.6 is 0 Å². The zero-order valence-electron chi connectivity index (χ0n) is 11.2. The largest absolute Gasteiger partial charge is 0.460 e. The summed E-state index contributed by atoms with van der Waals surface area (Å²) in [7, 11) is 0. The van der Waals surface area contributed by atoms with Crippen LogP contribution in [0.5, 0.6) is 0 Å². The normalized spacial score (nSPS) is 17.6. The third-order valence-corrected chi connectivity index (χ3v) is 3.45. The lowest BCUT2D eigenvalue weighted by molar-refractivity contribution is 0.0496. The molecule has 1 aromatic heterocycles. The lowest BCUT2D eigenvalue weighted by Crippen LogP contribution is -2.23. The van der Waals surface area contributed by atoms with E-state index in [4.69, 9.17) is 4.74 Å². The molecule has 0 radical (unpaired) electrons. The molecule has 0 saturated heterocycles. The molecular formula is C12H20N4O3. The Hall–Kier alpha value is -1.50. The molecule has 1 aromatic rings. The molecule has 1 atom stereocenters. The van der Waals surface area contributed by atoms with Crippen molar-refractivity contribution in [1.82, 2.24) is 20.2 Å². The van der Waals surface area contributed by atoms with Crippen LogP contribution in [0, 0.1) is 5.92 Å². The van der Waals surface area contributed by atoms with Crippen molar-refractivity contribution < 1.29 is 14.6 Å². The topological polar surface area (TPSA) is 90.1 Å². The van der Waals surface area contributed by atoms with E-state index < -0.39 is 12.1 Å². The van der Waals surface area contributed by atoms with Gasteiger partial charge >= 0.3 is 5.97 Å². The van der Waals surface area contributed by atoms with Gasteiger partial charge in [0.05, 0.1) is 19.3 Å². The van der Waals surface area contributed by atoms with E-state index in [2.05, 4.69) is 15.5 Å². The number of carbonyl (C=O) groups is 1. The second-order valence-electron chi connectivity index (χ2n) is 4.95. The number of rotatable bonds is 6. The maximum atomic E-state index is 11.6. The molecule has 0 spiro atoms. The van der Waals surface area contributed by atoms with Crippen molar-refractivity contribution in [1.29, 1.82) is 0 Å². The van der Waals surface area contributed by atoms with Crippen LogP contribution in [0.1, 0.15) is 49.6 Å². The molecule has 1 aliphatic rings. The molecule has 1 unspecified atom stereocenters. The number of aliphatic hydroxyl groups is 1. The first-order valence-electron chi connectivity index (χ1n) is 6.82. The minimum Gasteiger partial charge on any atom is -0.460 e. The molecule has 1 heterocycles. The average molecular weight is 268 g/mol. The van der Waals surface area contributed by atoms with Gasteiger partial charge in [0.15, 0.2) is 0 Å². The van der Waals surface area contributed by atoms with Gasteiger partial charge in [-0.1, -0.05) is 25.7 Å². The number of hydrogen-bond acceptors (Lipinski definition) is 6. The Morgan fingerprint density at radius 2 is 2.26 bits per heavy atom. The summed E-state index contributed by atoms with van der Waals surface area (Å²) in [5, 5.41) is 20.9. The van der Waals surface area contributed by atoms with Gasteiger partial charge in [-0.25, -0.2) is 9.48 Å². The number of nitrogens with zero attached hydrogens (tertiary/aromatic N) is 4. The van der Waals surface area contributed by atoms with E-state index in [1.807, 2.05) is 0 Å². The fourth-order valence-electron chi connectivity index (χ4n) is 2.57. The molecule has 2 rings (SSSR count). The van der Waals surface area contributed by atoms with Gasteiger partial charge in [0.1, 0.15) is 0 Å². The van der Waals surface area contributed by atoms with Crippen molar-refractivity contribution in [2.24, 2.45) is 5.92 Å². The zero-order valence-corrected chi connectivity index (χ0v) is 11.2. The van der Waals surface area contributed by atoms with Gasteiger partial charge in [-0.2, -0.15) is 0 Å². The maximum Gasteiger partial charge on any atom is 0.378 e. The Morgan fingerprint density at radius 1 is 1.53 bits per heavy atom. The third-order valence-electron chi connectivity index (χ3n) is 3.45. The predicted octanol–water partition coefficient (Wildman–Crippen LogP) is 0.791. The molecule has 1 N–H and O–H groups in total. The molecule has 19 heavy (non-hydrogen) atoms. The number of tetrazole rings is 1. The molecule has 7 nitrogen and oxygen atoms in total. The Bertz CT molecular complexity index is 415. The van der Waals surface area contributed by atoms with Gasteiger partial charge in [-0.3, -0.25) is 0 Å². The van der Waals surface area contributed by atoms with E-state index in [1.165, 1.54) is 30.4 Å². The fraction of sp³-hybridized carbons (Fsp3) is 0.833. The van der Waals surface area contributed by atoms with Crippen LogP contribution in [-0.2, 0) is 11.3 Å². The molecule has 7 heteroatoms. The standard InChI is InChI=1S/C12H20N4O3/c1-2-19-12(18)11-13-14-15-16(11)8-10(17)7-9-5-3-4-6-9/h9-10,17H,2-8H2,1H3. The first kappa shape index (κ1) is 13.9. The molecule has 1 saturated carbocycles. The third kappa shape index (κ3) is 3.73. The number of esters is 1. The minimum absolute atomic E-state index is 0.0484. The first-order chi connectivity index (χ1) is 9.20. The van der Waals surface area contributed by atoms with Crippen LogP contribution in [0.15, 0.2) is 0 Å². The Morgan fingerprint density at radius 3 is 2.95 bits per heavy atom. The van der Waals surface area contributed by atoms with E-state index in [0.29, 0.717) is 5.92 Å². The van der Waals surface area contributed by atoms with Crippen molar-refractivity contribution in [2.45, 2.75) is 51.7 Å². The van der Waals surface area contributed by atoms with E-state index in [0.717, 1.165) is 6.42 Å². The van der Waals surface area contributed by atoms with Crippen molar-refractivity contribution in [2.75, 3.05) is 6.61 Å². The second kappa shape index (κ2) is 6.60. The smallest absolute Gasteiger partial charge is 0.378 e. The number of aromatic nitrogens is 4. The first-order valence-corrected chi connectivity index (χ1v) is 6.82. The van der Waals surface area contributed by atoms with Crippen molar-refractivity contribution in [3.8, 4) is 0 Å². The fourth-order valence-corrected chi connectivity index (χ4v) is 2.57. The maximum absolute atomic E-state index is 11.6. The van der Waals surface area contributed by atoms with E-state index in [9.17, 15) is 9.90 Å².